The molecule has 5 heteroatoms. The molecule has 1 amide bonds. The molecule has 0 saturated carbocycles. The van der Waals surface area contributed by atoms with Gasteiger partial charge in [-0.2, -0.15) is 0 Å². The van der Waals surface area contributed by atoms with E-state index in [1.165, 1.54) is 0 Å². The minimum absolute atomic E-state index is 0.0384. The van der Waals surface area contributed by atoms with Gasteiger partial charge in [0.25, 0.3) is 0 Å². The zero-order chi connectivity index (χ0) is 13.0. The average molecular weight is 255 g/mol. The third kappa shape index (κ3) is 3.45. The van der Waals surface area contributed by atoms with E-state index in [0.29, 0.717) is 25.9 Å². The Morgan fingerprint density at radius 3 is 2.72 bits per heavy atom. The lowest BCUT2D eigenvalue weighted by molar-refractivity contribution is -0.146. The van der Waals surface area contributed by atoms with Gasteiger partial charge in [-0.25, -0.2) is 0 Å². The van der Waals surface area contributed by atoms with Crippen molar-refractivity contribution in [3.05, 3.63) is 0 Å². The fourth-order valence-electron chi connectivity index (χ4n) is 2.70. The number of hydrogen-bond acceptors (Lipinski definition) is 3. The van der Waals surface area contributed by atoms with Crippen LogP contribution in [0, 0.1) is 5.92 Å². The number of likely N-dealkylation sites (tertiary alicyclic amines) is 1. The predicted octanol–water partition coefficient (Wildman–Crippen LogP) is 1.27. The van der Waals surface area contributed by atoms with Crippen molar-refractivity contribution in [2.24, 2.45) is 5.92 Å². The molecule has 2 fully saturated rings. The van der Waals surface area contributed by atoms with Crippen molar-refractivity contribution in [1.29, 1.82) is 0 Å². The number of carboxylic acid groups (broad SMARTS) is 1. The van der Waals surface area contributed by atoms with Crippen molar-refractivity contribution < 1.29 is 19.4 Å². The smallest absolute Gasteiger partial charge is 0.308 e. The molecule has 1 N–H and O–H groups in total. The van der Waals surface area contributed by atoms with Crippen LogP contribution >= 0.6 is 0 Å². The molecule has 0 aromatic rings. The lowest BCUT2D eigenvalue weighted by Crippen LogP contribution is -2.43. The maximum atomic E-state index is 12.1. The Morgan fingerprint density at radius 2 is 2.06 bits per heavy atom. The Hall–Kier alpha value is -1.10. The van der Waals surface area contributed by atoms with Crippen LogP contribution in [0.15, 0.2) is 0 Å². The van der Waals surface area contributed by atoms with Gasteiger partial charge in [0.1, 0.15) is 0 Å². The number of carbonyl (C=O) groups is 2. The third-order valence-corrected chi connectivity index (χ3v) is 3.80. The van der Waals surface area contributed by atoms with Gasteiger partial charge in [-0.15, -0.1) is 0 Å². The molecule has 0 aromatic heterocycles. The topological polar surface area (TPSA) is 66.8 Å². The van der Waals surface area contributed by atoms with Gasteiger partial charge >= 0.3 is 5.97 Å². The van der Waals surface area contributed by atoms with E-state index in [1.54, 1.807) is 4.90 Å². The molecule has 2 heterocycles. The lowest BCUT2D eigenvalue weighted by atomic mass is 9.97. The standard InChI is InChI=1S/C13H21NO4/c15-12(8-11-5-1-2-7-18-11)14-6-3-4-10(9-14)13(16)17/h10-11H,1-9H2,(H,16,17)/t10-,11+/m1/s1. The summed E-state index contributed by atoms with van der Waals surface area (Å²) in [6.07, 6.45) is 5.06. The fraction of sp³-hybridized carbons (Fsp3) is 0.846. The first kappa shape index (κ1) is 13.3. The van der Waals surface area contributed by atoms with Crippen LogP contribution in [0.3, 0.4) is 0 Å². The van der Waals surface area contributed by atoms with E-state index in [4.69, 9.17) is 9.84 Å². The number of piperidine rings is 1. The monoisotopic (exact) mass is 255 g/mol. The zero-order valence-electron chi connectivity index (χ0n) is 10.6. The Morgan fingerprint density at radius 1 is 1.22 bits per heavy atom. The number of amides is 1. The van der Waals surface area contributed by atoms with E-state index in [0.717, 1.165) is 32.3 Å². The molecule has 0 aliphatic carbocycles. The molecule has 0 bridgehead atoms. The summed E-state index contributed by atoms with van der Waals surface area (Å²) in [4.78, 5) is 24.7. The summed E-state index contributed by atoms with van der Waals surface area (Å²) in [5, 5.41) is 9.00. The van der Waals surface area contributed by atoms with Gasteiger partial charge in [0.2, 0.25) is 5.91 Å². The fourth-order valence-corrected chi connectivity index (χ4v) is 2.70. The van der Waals surface area contributed by atoms with Crippen LogP contribution in [0.4, 0.5) is 0 Å². The highest BCUT2D eigenvalue weighted by Crippen LogP contribution is 2.20. The number of ether oxygens (including phenoxy) is 1. The minimum Gasteiger partial charge on any atom is -0.481 e. The number of hydrogen-bond donors (Lipinski definition) is 1. The second-order valence-electron chi connectivity index (χ2n) is 5.21. The molecule has 2 aliphatic heterocycles. The van der Waals surface area contributed by atoms with Gasteiger partial charge in [0.05, 0.1) is 18.4 Å². The van der Waals surface area contributed by atoms with Crippen molar-refractivity contribution in [3.8, 4) is 0 Å². The van der Waals surface area contributed by atoms with Crippen LogP contribution in [0.2, 0.25) is 0 Å². The van der Waals surface area contributed by atoms with Crippen molar-refractivity contribution in [3.63, 3.8) is 0 Å². The molecule has 18 heavy (non-hydrogen) atoms. The molecule has 0 unspecified atom stereocenters. The maximum absolute atomic E-state index is 12.1. The average Bonchev–Trinajstić information content (AvgIpc) is 2.40. The molecular weight excluding hydrogens is 234 g/mol. The zero-order valence-corrected chi connectivity index (χ0v) is 10.6. The second kappa shape index (κ2) is 6.18. The molecular formula is C13H21NO4. The van der Waals surface area contributed by atoms with Crippen molar-refractivity contribution in [1.82, 2.24) is 4.90 Å². The summed E-state index contributed by atoms with van der Waals surface area (Å²) in [5.74, 6) is -1.13. The number of nitrogens with zero attached hydrogens (tertiary/aromatic N) is 1. The number of carbonyl (C=O) groups excluding carboxylic acids is 1. The first-order valence-electron chi connectivity index (χ1n) is 6.79. The van der Waals surface area contributed by atoms with Gasteiger partial charge < -0.3 is 14.7 Å². The summed E-state index contributed by atoms with van der Waals surface area (Å²) in [5.41, 5.74) is 0. The van der Waals surface area contributed by atoms with Gasteiger partial charge in [0, 0.05) is 19.7 Å². The Balaban J connectivity index is 1.82. The summed E-state index contributed by atoms with van der Waals surface area (Å²) in [6.45, 7) is 1.80. The SMILES string of the molecule is O=C(O)[C@@H]1CCCN(C(=O)C[C@@H]2CCCCO2)C1. The van der Waals surface area contributed by atoms with Crippen LogP contribution in [-0.2, 0) is 14.3 Å². The lowest BCUT2D eigenvalue weighted by Gasteiger charge is -2.32. The molecule has 2 saturated heterocycles. The van der Waals surface area contributed by atoms with Crippen LogP contribution in [-0.4, -0.2) is 47.7 Å². The van der Waals surface area contributed by atoms with E-state index in [1.807, 2.05) is 0 Å². The predicted molar refractivity (Wildman–Crippen MR) is 65.1 cm³/mol. The van der Waals surface area contributed by atoms with Crippen molar-refractivity contribution in [2.45, 2.75) is 44.6 Å². The first-order valence-corrected chi connectivity index (χ1v) is 6.79. The Labute approximate surface area is 107 Å². The molecule has 5 nitrogen and oxygen atoms in total. The highest BCUT2D eigenvalue weighted by atomic mass is 16.5. The first-order chi connectivity index (χ1) is 8.66. The van der Waals surface area contributed by atoms with Crippen LogP contribution < -0.4 is 0 Å². The van der Waals surface area contributed by atoms with Gasteiger partial charge in [0.15, 0.2) is 0 Å². The van der Waals surface area contributed by atoms with Crippen LogP contribution in [0.25, 0.3) is 0 Å². The van der Waals surface area contributed by atoms with Crippen LogP contribution in [0.1, 0.15) is 38.5 Å². The normalized spacial score (nSPS) is 29.0. The second-order valence-corrected chi connectivity index (χ2v) is 5.21. The van der Waals surface area contributed by atoms with Crippen molar-refractivity contribution in [2.75, 3.05) is 19.7 Å². The van der Waals surface area contributed by atoms with E-state index in [9.17, 15) is 9.59 Å². The molecule has 2 rings (SSSR count). The van der Waals surface area contributed by atoms with Gasteiger partial charge in [-0.3, -0.25) is 9.59 Å². The molecule has 0 spiro atoms. The Bertz CT molecular complexity index is 312. The highest BCUT2D eigenvalue weighted by molar-refractivity contribution is 5.78. The quantitative estimate of drug-likeness (QED) is 0.824. The van der Waals surface area contributed by atoms with E-state index < -0.39 is 11.9 Å². The van der Waals surface area contributed by atoms with Crippen molar-refractivity contribution >= 4 is 11.9 Å². The summed E-state index contributed by atoms with van der Waals surface area (Å²) in [7, 11) is 0. The van der Waals surface area contributed by atoms with E-state index >= 15 is 0 Å². The van der Waals surface area contributed by atoms with Crippen LogP contribution in [0.5, 0.6) is 0 Å². The minimum atomic E-state index is -0.790. The molecule has 2 aliphatic rings. The molecule has 0 aromatic carbocycles. The van der Waals surface area contributed by atoms with Gasteiger partial charge in [-0.05, 0) is 32.1 Å². The Kier molecular flexibility index (Phi) is 4.58. The third-order valence-electron chi connectivity index (χ3n) is 3.80. The number of rotatable bonds is 3. The van der Waals surface area contributed by atoms with E-state index in [2.05, 4.69) is 0 Å². The maximum Gasteiger partial charge on any atom is 0.308 e. The summed E-state index contributed by atoms with van der Waals surface area (Å²) >= 11 is 0. The molecule has 102 valence electrons. The summed E-state index contributed by atoms with van der Waals surface area (Å²) in [6, 6.07) is 0. The number of carboxylic acids is 1. The highest BCUT2D eigenvalue weighted by Gasteiger charge is 2.29. The van der Waals surface area contributed by atoms with Gasteiger partial charge in [-0.1, -0.05) is 0 Å². The van der Waals surface area contributed by atoms with E-state index in [-0.39, 0.29) is 12.0 Å². The molecule has 0 radical (unpaired) electrons. The molecule has 2 atom stereocenters. The largest absolute Gasteiger partial charge is 0.481 e. The summed E-state index contributed by atoms with van der Waals surface area (Å²) < 4.78 is 5.55. The number of aliphatic carboxylic acids is 1.